The second-order valence-corrected chi connectivity index (χ2v) is 6.08. The Kier molecular flexibility index (Phi) is 3.94. The minimum Gasteiger partial charge on any atom is -0.382 e. The highest BCUT2D eigenvalue weighted by Crippen LogP contribution is 2.30. The Morgan fingerprint density at radius 3 is 2.89 bits per heavy atom. The van der Waals surface area contributed by atoms with Gasteiger partial charge in [0.2, 0.25) is 0 Å². The number of halogens is 1. The van der Waals surface area contributed by atoms with E-state index in [2.05, 4.69) is 41.2 Å². The third-order valence-electron chi connectivity index (χ3n) is 3.17. The normalized spacial score (nSPS) is 21.6. The molecule has 1 heterocycles. The van der Waals surface area contributed by atoms with Crippen LogP contribution in [0.5, 0.6) is 0 Å². The molecule has 0 radical (unpaired) electrons. The summed E-state index contributed by atoms with van der Waals surface area (Å²) in [7, 11) is 0. The Balaban J connectivity index is 1.93. The molecule has 3 nitrogen and oxygen atoms in total. The van der Waals surface area contributed by atoms with Gasteiger partial charge >= 0.3 is 0 Å². The van der Waals surface area contributed by atoms with Crippen LogP contribution in [0.2, 0.25) is 0 Å². The molecule has 96 valence electrons. The van der Waals surface area contributed by atoms with Crippen LogP contribution in [-0.4, -0.2) is 18.2 Å². The van der Waals surface area contributed by atoms with Crippen molar-refractivity contribution in [2.45, 2.75) is 38.4 Å². The highest BCUT2D eigenvalue weighted by molar-refractivity contribution is 9.10. The number of nitrogens with one attached hydrogen (secondary N) is 1. The Labute approximate surface area is 116 Å². The van der Waals surface area contributed by atoms with Gasteiger partial charge in [-0.1, -0.05) is 0 Å². The van der Waals surface area contributed by atoms with E-state index in [4.69, 9.17) is 10.00 Å². The summed E-state index contributed by atoms with van der Waals surface area (Å²) < 4.78 is 6.84. The van der Waals surface area contributed by atoms with E-state index in [0.717, 1.165) is 29.5 Å². The monoisotopic (exact) mass is 308 g/mol. The molecule has 1 aliphatic rings. The molecule has 0 bridgehead atoms. The predicted octanol–water partition coefficient (Wildman–Crippen LogP) is 3.69. The highest BCUT2D eigenvalue weighted by atomic mass is 79.9. The summed E-state index contributed by atoms with van der Waals surface area (Å²) >= 11 is 3.47. The zero-order valence-electron chi connectivity index (χ0n) is 10.7. The van der Waals surface area contributed by atoms with Crippen molar-refractivity contribution >= 4 is 21.6 Å². The third-order valence-corrected chi connectivity index (χ3v) is 3.83. The summed E-state index contributed by atoms with van der Waals surface area (Å²) in [6.07, 6.45) is 2.46. The lowest BCUT2D eigenvalue weighted by Crippen LogP contribution is -2.24. The molecule has 1 aliphatic heterocycles. The maximum absolute atomic E-state index is 8.80. The van der Waals surface area contributed by atoms with Crippen LogP contribution in [0.25, 0.3) is 0 Å². The first-order chi connectivity index (χ1) is 8.50. The van der Waals surface area contributed by atoms with E-state index < -0.39 is 0 Å². The van der Waals surface area contributed by atoms with Crippen LogP contribution < -0.4 is 5.32 Å². The Bertz CT molecular complexity index is 479. The first kappa shape index (κ1) is 13.4. The number of hydrogen-bond donors (Lipinski definition) is 1. The number of nitrogens with zero attached hydrogens (tertiary/aromatic N) is 1. The van der Waals surface area contributed by atoms with Gasteiger partial charge in [-0.25, -0.2) is 0 Å². The molecule has 0 amide bonds. The minimum absolute atomic E-state index is 0.00818. The SMILES string of the molecule is CC1(C)CCC(CNc2ccc(C#N)cc2Br)O1. The molecule has 0 aromatic heterocycles. The molecule has 1 N–H and O–H groups in total. The van der Waals surface area contributed by atoms with Gasteiger partial charge in [-0.3, -0.25) is 0 Å². The van der Waals surface area contributed by atoms with Gasteiger partial charge in [-0.2, -0.15) is 5.26 Å². The summed E-state index contributed by atoms with van der Waals surface area (Å²) in [6, 6.07) is 7.67. The summed E-state index contributed by atoms with van der Waals surface area (Å²) in [4.78, 5) is 0. The first-order valence-electron chi connectivity index (χ1n) is 6.11. The molecule has 4 heteroatoms. The second kappa shape index (κ2) is 5.29. The van der Waals surface area contributed by atoms with Crippen LogP contribution in [0.15, 0.2) is 22.7 Å². The lowest BCUT2D eigenvalue weighted by atomic mass is 10.1. The maximum Gasteiger partial charge on any atom is 0.0992 e. The van der Waals surface area contributed by atoms with Crippen molar-refractivity contribution < 1.29 is 4.74 Å². The molecule has 1 saturated heterocycles. The van der Waals surface area contributed by atoms with Crippen LogP contribution in [0.4, 0.5) is 5.69 Å². The van der Waals surface area contributed by atoms with E-state index in [1.165, 1.54) is 0 Å². The number of nitriles is 1. The molecule has 0 spiro atoms. The average molecular weight is 309 g/mol. The molecule has 2 rings (SSSR count). The molecule has 1 unspecified atom stereocenters. The molecule has 1 aromatic rings. The number of anilines is 1. The van der Waals surface area contributed by atoms with Crippen LogP contribution in [0.1, 0.15) is 32.3 Å². The fourth-order valence-electron chi connectivity index (χ4n) is 2.17. The molecule has 0 aliphatic carbocycles. The first-order valence-corrected chi connectivity index (χ1v) is 6.91. The van der Waals surface area contributed by atoms with Crippen molar-refractivity contribution in [3.05, 3.63) is 28.2 Å². The lowest BCUT2D eigenvalue weighted by Gasteiger charge is -2.20. The predicted molar refractivity (Wildman–Crippen MR) is 75.5 cm³/mol. The van der Waals surface area contributed by atoms with Crippen LogP contribution in [-0.2, 0) is 4.74 Å². The standard InChI is InChI=1S/C14H17BrN2O/c1-14(2)6-5-11(18-14)9-17-13-4-3-10(8-16)7-12(13)15/h3-4,7,11,17H,5-6,9H2,1-2H3. The minimum atomic E-state index is 0.00818. The third kappa shape index (κ3) is 3.24. The van der Waals surface area contributed by atoms with Crippen molar-refractivity contribution in [2.75, 3.05) is 11.9 Å². The molecule has 18 heavy (non-hydrogen) atoms. The van der Waals surface area contributed by atoms with E-state index in [0.29, 0.717) is 5.56 Å². The fraction of sp³-hybridized carbons (Fsp3) is 0.500. The van der Waals surface area contributed by atoms with Gasteiger partial charge in [0, 0.05) is 16.7 Å². The number of rotatable bonds is 3. The van der Waals surface area contributed by atoms with E-state index in [-0.39, 0.29) is 11.7 Å². The summed E-state index contributed by atoms with van der Waals surface area (Å²) in [5, 5.41) is 12.2. The van der Waals surface area contributed by atoms with Gasteiger partial charge in [-0.15, -0.1) is 0 Å². The van der Waals surface area contributed by atoms with Crippen molar-refractivity contribution in [1.29, 1.82) is 5.26 Å². The van der Waals surface area contributed by atoms with Gasteiger partial charge < -0.3 is 10.1 Å². The number of hydrogen-bond acceptors (Lipinski definition) is 3. The van der Waals surface area contributed by atoms with E-state index >= 15 is 0 Å². The quantitative estimate of drug-likeness (QED) is 0.926. The van der Waals surface area contributed by atoms with Gasteiger partial charge in [0.05, 0.1) is 23.3 Å². The maximum atomic E-state index is 8.80. The summed E-state index contributed by atoms with van der Waals surface area (Å²) in [6.45, 7) is 5.06. The zero-order chi connectivity index (χ0) is 13.2. The number of ether oxygens (including phenoxy) is 1. The van der Waals surface area contributed by atoms with Crippen LogP contribution in [0, 0.1) is 11.3 Å². The Morgan fingerprint density at radius 2 is 2.33 bits per heavy atom. The van der Waals surface area contributed by atoms with Gasteiger partial charge in [0.1, 0.15) is 0 Å². The molecule has 1 fully saturated rings. The van der Waals surface area contributed by atoms with E-state index in [1.54, 1.807) is 0 Å². The van der Waals surface area contributed by atoms with Gasteiger partial charge in [-0.05, 0) is 60.8 Å². The Morgan fingerprint density at radius 1 is 1.56 bits per heavy atom. The zero-order valence-corrected chi connectivity index (χ0v) is 12.3. The van der Waals surface area contributed by atoms with E-state index in [9.17, 15) is 0 Å². The topological polar surface area (TPSA) is 45.0 Å². The van der Waals surface area contributed by atoms with Crippen molar-refractivity contribution in [3.8, 4) is 6.07 Å². The van der Waals surface area contributed by atoms with Gasteiger partial charge in [0.15, 0.2) is 0 Å². The largest absolute Gasteiger partial charge is 0.382 e. The molecule has 1 atom stereocenters. The van der Waals surface area contributed by atoms with Crippen molar-refractivity contribution in [2.24, 2.45) is 0 Å². The van der Waals surface area contributed by atoms with Crippen LogP contribution >= 0.6 is 15.9 Å². The Hall–Kier alpha value is -1.05. The van der Waals surface area contributed by atoms with Crippen LogP contribution in [0.3, 0.4) is 0 Å². The molecular weight excluding hydrogens is 292 g/mol. The van der Waals surface area contributed by atoms with E-state index in [1.807, 2.05) is 18.2 Å². The number of benzene rings is 1. The fourth-order valence-corrected chi connectivity index (χ4v) is 2.69. The average Bonchev–Trinajstić information content (AvgIpc) is 2.67. The van der Waals surface area contributed by atoms with Crippen molar-refractivity contribution in [3.63, 3.8) is 0 Å². The molecular formula is C14H17BrN2O. The van der Waals surface area contributed by atoms with Crippen molar-refractivity contribution in [1.82, 2.24) is 0 Å². The summed E-state index contributed by atoms with van der Waals surface area (Å²) in [5.41, 5.74) is 1.67. The highest BCUT2D eigenvalue weighted by Gasteiger charge is 2.31. The summed E-state index contributed by atoms with van der Waals surface area (Å²) in [5.74, 6) is 0. The molecule has 0 saturated carbocycles. The molecule has 1 aromatic carbocycles. The van der Waals surface area contributed by atoms with Gasteiger partial charge in [0.25, 0.3) is 0 Å². The smallest absolute Gasteiger partial charge is 0.0992 e. The lowest BCUT2D eigenvalue weighted by molar-refractivity contribution is -0.00911. The second-order valence-electron chi connectivity index (χ2n) is 5.23.